The summed E-state index contributed by atoms with van der Waals surface area (Å²) in [5, 5.41) is 11.4. The first-order valence-corrected chi connectivity index (χ1v) is 9.92. The van der Waals surface area contributed by atoms with Gasteiger partial charge in [-0.1, -0.05) is 34.6 Å². The molecular weight excluding hydrogens is 300 g/mol. The van der Waals surface area contributed by atoms with E-state index in [1.807, 2.05) is 0 Å². The van der Waals surface area contributed by atoms with Crippen LogP contribution in [0.4, 0.5) is 0 Å². The minimum Gasteiger partial charge on any atom is -0.393 e. The average Bonchev–Trinajstić information content (AvgIpc) is 2.96. The predicted octanol–water partition coefficient (Wildman–Crippen LogP) is 4.22. The number of carbonyl (C=O) groups excluding carboxylic acids is 1. The third-order valence-electron chi connectivity index (χ3n) is 8.96. The van der Waals surface area contributed by atoms with Gasteiger partial charge in [0, 0.05) is 23.9 Å². The van der Waals surface area contributed by atoms with Gasteiger partial charge in [-0.25, -0.2) is 0 Å². The molecule has 2 unspecified atom stereocenters. The molecule has 138 valence electrons. The Hall–Kier alpha value is -0.410. The maximum absolute atomic E-state index is 13.5. The largest absolute Gasteiger partial charge is 0.393 e. The van der Waals surface area contributed by atoms with E-state index >= 15 is 0 Å². The number of Topliss-reactive ketones (excluding diaryl/α,β-unsaturated/α-hetero) is 1. The summed E-state index contributed by atoms with van der Waals surface area (Å²) in [6, 6.07) is 0. The summed E-state index contributed by atoms with van der Waals surface area (Å²) in [7, 11) is 1.81. The van der Waals surface area contributed by atoms with E-state index in [4.69, 9.17) is 4.74 Å². The quantitative estimate of drug-likeness (QED) is 0.821. The van der Waals surface area contributed by atoms with E-state index in [0.29, 0.717) is 18.1 Å². The molecule has 3 aliphatic carbocycles. The normalized spacial score (nSPS) is 55.0. The molecule has 0 amide bonds. The molecule has 0 radical (unpaired) electrons. The van der Waals surface area contributed by atoms with Crippen LogP contribution in [0.25, 0.3) is 0 Å². The van der Waals surface area contributed by atoms with E-state index in [-0.39, 0.29) is 28.8 Å². The number of ketones is 1. The van der Waals surface area contributed by atoms with Crippen LogP contribution in [0.2, 0.25) is 0 Å². The van der Waals surface area contributed by atoms with Gasteiger partial charge in [-0.15, -0.1) is 0 Å². The summed E-state index contributed by atoms with van der Waals surface area (Å²) in [6.07, 6.45) is 5.45. The van der Waals surface area contributed by atoms with Crippen LogP contribution in [0.1, 0.15) is 73.1 Å². The number of hydrogen-bond acceptors (Lipinski definition) is 3. The van der Waals surface area contributed by atoms with Gasteiger partial charge in [0.25, 0.3) is 0 Å². The number of hydrogen-bond donors (Lipinski definition) is 1. The summed E-state index contributed by atoms with van der Waals surface area (Å²) in [5.41, 5.74) is -0.558. The lowest BCUT2D eigenvalue weighted by Gasteiger charge is -2.61. The molecule has 0 aromatic carbocycles. The smallest absolute Gasteiger partial charge is 0.142 e. The number of carbonyl (C=O) groups is 1. The summed E-state index contributed by atoms with van der Waals surface area (Å²) in [4.78, 5) is 13.5. The summed E-state index contributed by atoms with van der Waals surface area (Å²) in [5.74, 6) is 1.19. The fourth-order valence-electron chi connectivity index (χ4n) is 6.85. The van der Waals surface area contributed by atoms with Crippen molar-refractivity contribution in [1.29, 1.82) is 0 Å². The Balaban J connectivity index is 2.19. The highest BCUT2D eigenvalue weighted by Gasteiger charge is 2.67. The fourth-order valence-corrected chi connectivity index (χ4v) is 6.85. The molecule has 0 saturated heterocycles. The topological polar surface area (TPSA) is 46.5 Å². The molecule has 0 spiro atoms. The van der Waals surface area contributed by atoms with Crippen LogP contribution in [0, 0.1) is 34.0 Å². The number of ether oxygens (including phenoxy) is 1. The third kappa shape index (κ3) is 2.13. The van der Waals surface area contributed by atoms with Gasteiger partial charge >= 0.3 is 0 Å². The molecule has 0 heterocycles. The molecule has 0 aromatic rings. The second kappa shape index (κ2) is 5.81. The van der Waals surface area contributed by atoms with Crippen molar-refractivity contribution in [1.82, 2.24) is 0 Å². The van der Waals surface area contributed by atoms with E-state index in [9.17, 15) is 9.90 Å². The molecule has 2 bridgehead atoms. The van der Waals surface area contributed by atoms with Gasteiger partial charge in [-0.05, 0) is 55.8 Å². The molecule has 0 aliphatic heterocycles. The number of aliphatic hydroxyl groups excluding tert-OH is 1. The molecule has 8 atom stereocenters. The van der Waals surface area contributed by atoms with Crippen molar-refractivity contribution in [2.75, 3.05) is 7.11 Å². The molecule has 3 fully saturated rings. The first kappa shape index (κ1) is 18.4. The third-order valence-corrected chi connectivity index (χ3v) is 8.96. The van der Waals surface area contributed by atoms with Gasteiger partial charge in [-0.2, -0.15) is 0 Å². The fraction of sp³-hybridized carbons (Fsp3) is 0.952. The van der Waals surface area contributed by atoms with Crippen LogP contribution in [0.3, 0.4) is 0 Å². The average molecular weight is 337 g/mol. The van der Waals surface area contributed by atoms with Gasteiger partial charge < -0.3 is 9.84 Å². The van der Waals surface area contributed by atoms with Gasteiger partial charge in [0.1, 0.15) is 5.78 Å². The maximum atomic E-state index is 13.5. The first-order chi connectivity index (χ1) is 11.2. The van der Waals surface area contributed by atoms with Crippen molar-refractivity contribution in [3.63, 3.8) is 0 Å². The highest BCUT2D eigenvalue weighted by Crippen LogP contribution is 2.68. The Morgan fingerprint density at radius 3 is 2.42 bits per heavy atom. The van der Waals surface area contributed by atoms with Crippen molar-refractivity contribution in [2.24, 2.45) is 34.0 Å². The van der Waals surface area contributed by atoms with Crippen LogP contribution >= 0.6 is 0 Å². The lowest BCUT2D eigenvalue weighted by Crippen LogP contribution is -2.62. The molecule has 0 aromatic heterocycles. The zero-order chi connectivity index (χ0) is 17.9. The molecule has 3 rings (SSSR count). The second-order valence-corrected chi connectivity index (χ2v) is 9.55. The minimum absolute atomic E-state index is 0.0108. The summed E-state index contributed by atoms with van der Waals surface area (Å²) in [6.45, 7) is 10.9. The molecule has 3 heteroatoms. The van der Waals surface area contributed by atoms with Gasteiger partial charge in [0.2, 0.25) is 0 Å². The zero-order valence-corrected chi connectivity index (χ0v) is 16.4. The van der Waals surface area contributed by atoms with E-state index in [1.165, 1.54) is 0 Å². The first-order valence-electron chi connectivity index (χ1n) is 9.92. The van der Waals surface area contributed by atoms with Crippen LogP contribution in [0.5, 0.6) is 0 Å². The second-order valence-electron chi connectivity index (χ2n) is 9.55. The molecule has 3 saturated carbocycles. The molecule has 24 heavy (non-hydrogen) atoms. The van der Waals surface area contributed by atoms with Crippen LogP contribution in [-0.2, 0) is 9.53 Å². The van der Waals surface area contributed by atoms with Crippen molar-refractivity contribution >= 4 is 5.78 Å². The van der Waals surface area contributed by atoms with Crippen molar-refractivity contribution in [3.8, 4) is 0 Å². The highest BCUT2D eigenvalue weighted by atomic mass is 16.5. The van der Waals surface area contributed by atoms with Gasteiger partial charge in [-0.3, -0.25) is 4.79 Å². The number of rotatable bonds is 2. The Bertz CT molecular complexity index is 517. The standard InChI is InChI=1S/C21H36O3/c1-7-19(4)12-16(22)20(5)13(2)8-10-21(14(3)18(19)23)11-9-15(24-6)17(20)21/h13-17,22H,7-12H2,1-6H3/t13-,14+,15-,16-,17?,19-,20+,21?/m1/s1. The van der Waals surface area contributed by atoms with Gasteiger partial charge in [0.15, 0.2) is 0 Å². The van der Waals surface area contributed by atoms with E-state index in [1.54, 1.807) is 7.11 Å². The minimum atomic E-state index is -0.436. The predicted molar refractivity (Wildman–Crippen MR) is 95.7 cm³/mol. The van der Waals surface area contributed by atoms with E-state index in [0.717, 1.165) is 32.1 Å². The van der Waals surface area contributed by atoms with Crippen LogP contribution < -0.4 is 0 Å². The van der Waals surface area contributed by atoms with Crippen LogP contribution in [0.15, 0.2) is 0 Å². The molecule has 3 nitrogen and oxygen atoms in total. The van der Waals surface area contributed by atoms with Gasteiger partial charge in [0.05, 0.1) is 12.2 Å². The highest BCUT2D eigenvalue weighted by molar-refractivity contribution is 5.87. The van der Waals surface area contributed by atoms with E-state index < -0.39 is 11.5 Å². The SMILES string of the molecule is CC[C@]1(C)C[C@@H](O)[C@@]2(C)C3[C@H](OC)CCC3(CC[C@H]2C)[C@@H](C)C1=O. The number of aliphatic hydroxyl groups is 1. The van der Waals surface area contributed by atoms with E-state index in [2.05, 4.69) is 34.6 Å². The lowest BCUT2D eigenvalue weighted by molar-refractivity contribution is -0.192. The molecular formula is C21H36O3. The van der Waals surface area contributed by atoms with Crippen molar-refractivity contribution < 1.29 is 14.6 Å². The van der Waals surface area contributed by atoms with Crippen molar-refractivity contribution in [2.45, 2.75) is 85.4 Å². The lowest BCUT2D eigenvalue weighted by atomic mass is 9.44. The monoisotopic (exact) mass is 336 g/mol. The zero-order valence-electron chi connectivity index (χ0n) is 16.4. The number of methoxy groups -OCH3 is 1. The molecule has 3 aliphatic rings. The maximum Gasteiger partial charge on any atom is 0.142 e. The molecule has 1 N–H and O–H groups in total. The Kier molecular flexibility index (Phi) is 4.45. The Morgan fingerprint density at radius 2 is 1.83 bits per heavy atom. The Morgan fingerprint density at radius 1 is 1.21 bits per heavy atom. The summed E-state index contributed by atoms with van der Waals surface area (Å²) >= 11 is 0. The summed E-state index contributed by atoms with van der Waals surface area (Å²) < 4.78 is 5.91. The van der Waals surface area contributed by atoms with Crippen LogP contribution in [-0.4, -0.2) is 30.2 Å². The Labute approximate surface area is 147 Å². The van der Waals surface area contributed by atoms with Crippen molar-refractivity contribution in [3.05, 3.63) is 0 Å².